The van der Waals surface area contributed by atoms with Crippen molar-refractivity contribution in [3.05, 3.63) is 59.1 Å². The monoisotopic (exact) mass is 415 g/mol. The summed E-state index contributed by atoms with van der Waals surface area (Å²) in [6, 6.07) is 14.8. The average Bonchev–Trinajstić information content (AvgIpc) is 3.04. The Morgan fingerprint density at radius 1 is 1.00 bits per heavy atom. The zero-order valence-electron chi connectivity index (χ0n) is 16.5. The number of benzene rings is 2. The number of hydrogen-bond acceptors (Lipinski definition) is 3. The molecule has 0 unspecified atom stereocenters. The third-order valence-electron chi connectivity index (χ3n) is 5.94. The van der Waals surface area contributed by atoms with Crippen molar-refractivity contribution in [1.82, 2.24) is 0 Å². The van der Waals surface area contributed by atoms with Crippen LogP contribution in [-0.4, -0.2) is 51.1 Å². The molecule has 7 heteroatoms. The van der Waals surface area contributed by atoms with Gasteiger partial charge in [-0.2, -0.15) is 0 Å². The highest BCUT2D eigenvalue weighted by molar-refractivity contribution is 6.30. The maximum atomic E-state index is 13.0. The van der Waals surface area contributed by atoms with Gasteiger partial charge in [0.15, 0.2) is 6.04 Å². The van der Waals surface area contributed by atoms with Gasteiger partial charge in [-0.05, 0) is 36.4 Å². The molecule has 0 spiro atoms. The summed E-state index contributed by atoms with van der Waals surface area (Å²) in [4.78, 5) is 29.6. The van der Waals surface area contributed by atoms with Crippen LogP contribution in [-0.2, 0) is 16.1 Å². The van der Waals surface area contributed by atoms with E-state index in [0.29, 0.717) is 11.4 Å². The Hall–Kier alpha value is -2.41. The van der Waals surface area contributed by atoms with Crippen LogP contribution in [0.5, 0.6) is 5.75 Å². The van der Waals surface area contributed by atoms with Crippen LogP contribution in [0.3, 0.4) is 0 Å². The van der Waals surface area contributed by atoms with E-state index in [4.69, 9.17) is 16.3 Å². The molecule has 2 aromatic rings. The van der Waals surface area contributed by atoms with E-state index in [9.17, 15) is 9.59 Å². The topological polar surface area (TPSA) is 55.5 Å². The van der Waals surface area contributed by atoms with Crippen molar-refractivity contribution in [2.45, 2.75) is 19.0 Å². The summed E-state index contributed by atoms with van der Waals surface area (Å²) < 4.78 is 5.16. The van der Waals surface area contributed by atoms with Gasteiger partial charge in [-0.15, -0.1) is 0 Å². The van der Waals surface area contributed by atoms with E-state index in [0.717, 1.165) is 37.7 Å². The molecular weight excluding hydrogens is 390 g/mol. The molecule has 2 aliphatic rings. The van der Waals surface area contributed by atoms with Crippen LogP contribution in [0.4, 0.5) is 5.69 Å². The zero-order valence-corrected chi connectivity index (χ0v) is 17.2. The van der Waals surface area contributed by atoms with Gasteiger partial charge in [-0.1, -0.05) is 23.7 Å². The van der Waals surface area contributed by atoms with E-state index >= 15 is 0 Å². The lowest BCUT2D eigenvalue weighted by molar-refractivity contribution is -1.02. The Balaban J connectivity index is 1.36. The summed E-state index contributed by atoms with van der Waals surface area (Å²) in [5.41, 5.74) is 1.89. The highest BCUT2D eigenvalue weighted by Crippen LogP contribution is 2.24. The van der Waals surface area contributed by atoms with Crippen molar-refractivity contribution >= 4 is 29.1 Å². The largest absolute Gasteiger partial charge is 0.497 e. The number of quaternary nitrogens is 2. The first kappa shape index (κ1) is 19.9. The number of hydrogen-bond donors (Lipinski definition) is 2. The SMILES string of the molecule is COc1ccc(N2C(=O)C[C@@H]([NH+]3CC[NH+](Cc4ccc(Cl)cc4)CC3)C2=O)cc1. The molecule has 29 heavy (non-hydrogen) atoms. The lowest BCUT2D eigenvalue weighted by Gasteiger charge is -2.32. The second-order valence-corrected chi connectivity index (χ2v) is 8.17. The Kier molecular flexibility index (Phi) is 5.85. The van der Waals surface area contributed by atoms with E-state index in [-0.39, 0.29) is 24.3 Å². The third kappa shape index (κ3) is 4.29. The van der Waals surface area contributed by atoms with Gasteiger partial charge in [0.25, 0.3) is 5.91 Å². The van der Waals surface area contributed by atoms with Crippen LogP contribution in [0, 0.1) is 0 Å². The van der Waals surface area contributed by atoms with Gasteiger partial charge < -0.3 is 14.5 Å². The molecule has 2 fully saturated rings. The lowest BCUT2D eigenvalue weighted by Crippen LogP contribution is -3.29. The molecule has 2 saturated heterocycles. The maximum absolute atomic E-state index is 13.0. The molecule has 2 aliphatic heterocycles. The number of carbonyl (C=O) groups excluding carboxylic acids is 2. The van der Waals surface area contributed by atoms with Crippen molar-refractivity contribution in [3.8, 4) is 5.75 Å². The minimum Gasteiger partial charge on any atom is -0.497 e. The van der Waals surface area contributed by atoms with E-state index in [2.05, 4.69) is 12.1 Å². The Labute approximate surface area is 175 Å². The van der Waals surface area contributed by atoms with Gasteiger partial charge in [-0.3, -0.25) is 9.59 Å². The minimum atomic E-state index is -0.276. The van der Waals surface area contributed by atoms with Gasteiger partial charge in [0.1, 0.15) is 38.5 Å². The Morgan fingerprint density at radius 2 is 1.66 bits per heavy atom. The normalized spacial score (nSPS) is 24.8. The minimum absolute atomic E-state index is 0.0867. The maximum Gasteiger partial charge on any atom is 0.292 e. The number of methoxy groups -OCH3 is 1. The zero-order chi connectivity index (χ0) is 20.4. The molecule has 0 bridgehead atoms. The van der Waals surface area contributed by atoms with Gasteiger partial charge in [0.05, 0.1) is 19.2 Å². The number of rotatable bonds is 5. The molecule has 0 aliphatic carbocycles. The number of nitrogens with one attached hydrogen (secondary N) is 2. The predicted molar refractivity (Wildman–Crippen MR) is 110 cm³/mol. The molecule has 0 radical (unpaired) electrons. The first-order chi connectivity index (χ1) is 14.0. The molecule has 4 rings (SSSR count). The third-order valence-corrected chi connectivity index (χ3v) is 6.19. The molecule has 2 aromatic carbocycles. The number of imide groups is 1. The number of piperazine rings is 1. The second-order valence-electron chi connectivity index (χ2n) is 7.73. The predicted octanol–water partition coefficient (Wildman–Crippen LogP) is -0.0359. The summed E-state index contributed by atoms with van der Waals surface area (Å²) in [5.74, 6) is 0.500. The summed E-state index contributed by atoms with van der Waals surface area (Å²) in [6.45, 7) is 4.71. The standard InChI is InChI=1S/C22H24ClN3O3/c1-29-19-8-6-18(7-9-19)26-21(27)14-20(22(26)28)25-12-10-24(11-13-25)15-16-2-4-17(23)5-3-16/h2-9,20H,10-15H2,1H3/p+2/t20-/m1/s1. The fourth-order valence-corrected chi connectivity index (χ4v) is 4.42. The van der Waals surface area contributed by atoms with Crippen molar-refractivity contribution in [2.75, 3.05) is 38.2 Å². The summed E-state index contributed by atoms with van der Waals surface area (Å²) in [7, 11) is 1.59. The van der Waals surface area contributed by atoms with Gasteiger partial charge >= 0.3 is 0 Å². The second kappa shape index (κ2) is 8.53. The molecule has 0 saturated carbocycles. The molecule has 6 nitrogen and oxygen atoms in total. The number of carbonyl (C=O) groups is 2. The summed E-state index contributed by atoms with van der Waals surface area (Å²) >= 11 is 5.96. The van der Waals surface area contributed by atoms with Gasteiger partial charge in [-0.25, -0.2) is 4.90 Å². The number of ether oxygens (including phenoxy) is 1. The molecular formula is C22H26ClN3O3+2. The molecule has 2 amide bonds. The lowest BCUT2D eigenvalue weighted by atomic mass is 10.1. The van der Waals surface area contributed by atoms with E-state index in [1.165, 1.54) is 20.3 Å². The Morgan fingerprint density at radius 3 is 2.28 bits per heavy atom. The first-order valence-corrected chi connectivity index (χ1v) is 10.4. The summed E-state index contributed by atoms with van der Waals surface area (Å²) in [6.07, 6.45) is 0.284. The highest BCUT2D eigenvalue weighted by Gasteiger charge is 2.46. The van der Waals surface area contributed by atoms with Crippen molar-refractivity contribution in [3.63, 3.8) is 0 Å². The average molecular weight is 416 g/mol. The van der Waals surface area contributed by atoms with Gasteiger partial charge in [0, 0.05) is 10.6 Å². The molecule has 0 aromatic heterocycles. The van der Waals surface area contributed by atoms with Crippen LogP contribution in [0.1, 0.15) is 12.0 Å². The fourth-order valence-electron chi connectivity index (χ4n) is 4.29. The molecule has 2 heterocycles. The number of amides is 2. The van der Waals surface area contributed by atoms with E-state index in [1.54, 1.807) is 31.4 Å². The smallest absolute Gasteiger partial charge is 0.292 e. The van der Waals surface area contributed by atoms with Crippen LogP contribution >= 0.6 is 11.6 Å². The van der Waals surface area contributed by atoms with Crippen LogP contribution < -0.4 is 19.4 Å². The van der Waals surface area contributed by atoms with Crippen LogP contribution in [0.15, 0.2) is 48.5 Å². The fraction of sp³-hybridized carbons (Fsp3) is 0.364. The van der Waals surface area contributed by atoms with Crippen molar-refractivity contribution < 1.29 is 24.1 Å². The number of anilines is 1. The van der Waals surface area contributed by atoms with E-state index < -0.39 is 0 Å². The molecule has 2 N–H and O–H groups in total. The van der Waals surface area contributed by atoms with Crippen LogP contribution in [0.2, 0.25) is 5.02 Å². The number of nitrogens with zero attached hydrogens (tertiary/aromatic N) is 1. The van der Waals surface area contributed by atoms with Crippen molar-refractivity contribution in [1.29, 1.82) is 0 Å². The molecule has 1 atom stereocenters. The summed E-state index contributed by atoms with van der Waals surface area (Å²) in [5, 5.41) is 0.754. The highest BCUT2D eigenvalue weighted by atomic mass is 35.5. The quantitative estimate of drug-likeness (QED) is 0.674. The van der Waals surface area contributed by atoms with Crippen LogP contribution in [0.25, 0.3) is 0 Å². The number of halogens is 1. The van der Waals surface area contributed by atoms with E-state index in [1.807, 2.05) is 12.1 Å². The first-order valence-electron chi connectivity index (χ1n) is 9.98. The Bertz CT molecular complexity index is 877. The molecule has 152 valence electrons. The van der Waals surface area contributed by atoms with Gasteiger partial charge in [0.2, 0.25) is 5.91 Å². The van der Waals surface area contributed by atoms with Crippen molar-refractivity contribution in [2.24, 2.45) is 0 Å².